The van der Waals surface area contributed by atoms with E-state index in [4.69, 9.17) is 5.11 Å². The number of carbonyl (C=O) groups excluding carboxylic acids is 1. The SMILES string of the molecule is CN1CCN(CCCC(NC=O)C(=O)O)CC1. The van der Waals surface area contributed by atoms with Gasteiger partial charge in [0.05, 0.1) is 0 Å². The van der Waals surface area contributed by atoms with Crippen LogP contribution >= 0.6 is 0 Å². The minimum absolute atomic E-state index is 0.453. The van der Waals surface area contributed by atoms with Crippen LogP contribution in [0.4, 0.5) is 0 Å². The van der Waals surface area contributed by atoms with E-state index >= 15 is 0 Å². The van der Waals surface area contributed by atoms with Gasteiger partial charge in [-0.25, -0.2) is 4.79 Å². The van der Waals surface area contributed by atoms with Crippen LogP contribution in [0.15, 0.2) is 0 Å². The van der Waals surface area contributed by atoms with Gasteiger partial charge in [-0.2, -0.15) is 0 Å². The molecule has 1 heterocycles. The highest BCUT2D eigenvalue weighted by Crippen LogP contribution is 2.03. The largest absolute Gasteiger partial charge is 0.480 e. The number of carbonyl (C=O) groups is 2. The molecule has 1 fully saturated rings. The van der Waals surface area contributed by atoms with Crippen LogP contribution in [0, 0.1) is 0 Å². The molecule has 1 amide bonds. The molecule has 6 nitrogen and oxygen atoms in total. The van der Waals surface area contributed by atoms with E-state index in [0.29, 0.717) is 12.8 Å². The third-order valence-electron chi connectivity index (χ3n) is 3.13. The Balaban J connectivity index is 2.17. The molecule has 1 rings (SSSR count). The molecule has 2 N–H and O–H groups in total. The summed E-state index contributed by atoms with van der Waals surface area (Å²) in [6, 6.07) is -0.750. The minimum atomic E-state index is -0.963. The summed E-state index contributed by atoms with van der Waals surface area (Å²) in [5.41, 5.74) is 0. The van der Waals surface area contributed by atoms with Crippen LogP contribution < -0.4 is 5.32 Å². The molecule has 6 heteroatoms. The van der Waals surface area contributed by atoms with Crippen molar-refractivity contribution in [3.8, 4) is 0 Å². The minimum Gasteiger partial charge on any atom is -0.480 e. The van der Waals surface area contributed by atoms with Crippen molar-refractivity contribution in [2.45, 2.75) is 18.9 Å². The fraction of sp³-hybridized carbons (Fsp3) is 0.818. The number of aliphatic carboxylic acids is 1. The number of likely N-dealkylation sites (N-methyl/N-ethyl adjacent to an activating group) is 1. The molecule has 1 atom stereocenters. The maximum atomic E-state index is 10.8. The Morgan fingerprint density at radius 2 is 2.06 bits per heavy atom. The van der Waals surface area contributed by atoms with Crippen molar-refractivity contribution in [3.63, 3.8) is 0 Å². The average Bonchev–Trinajstić information content (AvgIpc) is 2.30. The molecule has 1 saturated heterocycles. The smallest absolute Gasteiger partial charge is 0.326 e. The number of carboxylic acid groups (broad SMARTS) is 1. The molecule has 0 bridgehead atoms. The lowest BCUT2D eigenvalue weighted by Gasteiger charge is -2.32. The molecular weight excluding hydrogens is 222 g/mol. The lowest BCUT2D eigenvalue weighted by molar-refractivity contribution is -0.140. The summed E-state index contributed by atoms with van der Waals surface area (Å²) in [6.45, 7) is 5.10. The van der Waals surface area contributed by atoms with Crippen LogP contribution in [-0.4, -0.2) is 73.1 Å². The molecule has 1 aliphatic heterocycles. The molecule has 0 aliphatic carbocycles. The number of hydrogen-bond donors (Lipinski definition) is 2. The Morgan fingerprint density at radius 1 is 1.41 bits per heavy atom. The number of nitrogens with zero attached hydrogens (tertiary/aromatic N) is 2. The van der Waals surface area contributed by atoms with Gasteiger partial charge in [0.25, 0.3) is 0 Å². The second-order valence-electron chi connectivity index (χ2n) is 4.46. The summed E-state index contributed by atoms with van der Waals surface area (Å²) in [6.07, 6.45) is 1.73. The molecule has 0 radical (unpaired) electrons. The van der Waals surface area contributed by atoms with E-state index < -0.39 is 12.0 Å². The standard InChI is InChI=1S/C11H21N3O3/c1-13-5-7-14(8-6-13)4-2-3-10(11(16)17)12-9-15/h9-10H,2-8H2,1H3,(H,12,15)(H,16,17). The molecule has 1 aliphatic rings. The Kier molecular flexibility index (Phi) is 5.93. The topological polar surface area (TPSA) is 72.9 Å². The Morgan fingerprint density at radius 3 is 2.59 bits per heavy atom. The molecule has 0 aromatic carbocycles. The van der Waals surface area contributed by atoms with Crippen LogP contribution in [-0.2, 0) is 9.59 Å². The molecule has 1 unspecified atom stereocenters. The van der Waals surface area contributed by atoms with Gasteiger partial charge in [0, 0.05) is 26.2 Å². The summed E-state index contributed by atoms with van der Waals surface area (Å²) >= 11 is 0. The van der Waals surface area contributed by atoms with Crippen molar-refractivity contribution >= 4 is 12.4 Å². The van der Waals surface area contributed by atoms with Gasteiger partial charge in [-0.15, -0.1) is 0 Å². The molecule has 0 saturated carbocycles. The van der Waals surface area contributed by atoms with E-state index in [1.54, 1.807) is 0 Å². The zero-order valence-electron chi connectivity index (χ0n) is 10.3. The Hall–Kier alpha value is -1.14. The fourth-order valence-electron chi connectivity index (χ4n) is 1.95. The number of piperazine rings is 1. The van der Waals surface area contributed by atoms with E-state index in [1.165, 1.54) is 0 Å². The van der Waals surface area contributed by atoms with Gasteiger partial charge in [0.1, 0.15) is 6.04 Å². The second-order valence-corrected chi connectivity index (χ2v) is 4.46. The summed E-state index contributed by atoms with van der Waals surface area (Å²) < 4.78 is 0. The summed E-state index contributed by atoms with van der Waals surface area (Å²) in [4.78, 5) is 25.6. The van der Waals surface area contributed by atoms with Crippen molar-refractivity contribution in [2.75, 3.05) is 39.8 Å². The molecule has 98 valence electrons. The highest BCUT2D eigenvalue weighted by atomic mass is 16.4. The van der Waals surface area contributed by atoms with E-state index in [0.717, 1.165) is 39.1 Å². The van der Waals surface area contributed by atoms with Gasteiger partial charge >= 0.3 is 5.97 Å². The Bertz CT molecular complexity index is 252. The Labute approximate surface area is 102 Å². The van der Waals surface area contributed by atoms with Crippen LogP contribution in [0.1, 0.15) is 12.8 Å². The van der Waals surface area contributed by atoms with Crippen LogP contribution in [0.2, 0.25) is 0 Å². The van der Waals surface area contributed by atoms with Crippen molar-refractivity contribution in [3.05, 3.63) is 0 Å². The highest BCUT2D eigenvalue weighted by Gasteiger charge is 2.17. The van der Waals surface area contributed by atoms with Crippen molar-refractivity contribution in [1.82, 2.24) is 15.1 Å². The molecular formula is C11H21N3O3. The number of rotatable bonds is 7. The lowest BCUT2D eigenvalue weighted by Crippen LogP contribution is -2.45. The first kappa shape index (κ1) is 13.9. The quantitative estimate of drug-likeness (QED) is 0.574. The summed E-state index contributed by atoms with van der Waals surface area (Å²) in [7, 11) is 2.10. The first-order valence-electron chi connectivity index (χ1n) is 5.97. The van der Waals surface area contributed by atoms with Crippen molar-refractivity contribution in [2.24, 2.45) is 0 Å². The number of amides is 1. The van der Waals surface area contributed by atoms with Gasteiger partial charge in [-0.1, -0.05) is 0 Å². The highest BCUT2D eigenvalue weighted by molar-refractivity contribution is 5.76. The monoisotopic (exact) mass is 243 g/mol. The van der Waals surface area contributed by atoms with Gasteiger partial charge in [0.15, 0.2) is 0 Å². The third-order valence-corrected chi connectivity index (χ3v) is 3.13. The fourth-order valence-corrected chi connectivity index (χ4v) is 1.95. The van der Waals surface area contributed by atoms with Gasteiger partial charge in [0.2, 0.25) is 6.41 Å². The zero-order valence-corrected chi connectivity index (χ0v) is 10.3. The summed E-state index contributed by atoms with van der Waals surface area (Å²) in [5, 5.41) is 11.2. The predicted octanol–water partition coefficient (Wildman–Crippen LogP) is -0.787. The van der Waals surface area contributed by atoms with Gasteiger partial charge < -0.3 is 20.2 Å². The number of carboxylic acids is 1. The van der Waals surface area contributed by atoms with E-state index in [2.05, 4.69) is 22.2 Å². The van der Waals surface area contributed by atoms with E-state index in [-0.39, 0.29) is 0 Å². The molecule has 0 spiro atoms. The zero-order chi connectivity index (χ0) is 12.7. The predicted molar refractivity (Wildman–Crippen MR) is 63.8 cm³/mol. The first-order chi connectivity index (χ1) is 8.13. The van der Waals surface area contributed by atoms with Crippen LogP contribution in [0.3, 0.4) is 0 Å². The van der Waals surface area contributed by atoms with E-state index in [1.807, 2.05) is 0 Å². The second kappa shape index (κ2) is 7.24. The molecule has 0 aromatic rings. The number of nitrogens with one attached hydrogen (secondary N) is 1. The van der Waals surface area contributed by atoms with Gasteiger partial charge in [-0.3, -0.25) is 4.79 Å². The van der Waals surface area contributed by atoms with Crippen molar-refractivity contribution < 1.29 is 14.7 Å². The molecule has 0 aromatic heterocycles. The normalized spacial score (nSPS) is 19.8. The van der Waals surface area contributed by atoms with Gasteiger partial charge in [-0.05, 0) is 26.4 Å². The number of hydrogen-bond acceptors (Lipinski definition) is 4. The van der Waals surface area contributed by atoms with Crippen LogP contribution in [0.25, 0.3) is 0 Å². The maximum Gasteiger partial charge on any atom is 0.326 e. The summed E-state index contributed by atoms with van der Waals surface area (Å²) in [5.74, 6) is -0.963. The third kappa shape index (κ3) is 5.14. The maximum absolute atomic E-state index is 10.8. The average molecular weight is 243 g/mol. The van der Waals surface area contributed by atoms with E-state index in [9.17, 15) is 9.59 Å². The van der Waals surface area contributed by atoms with Crippen LogP contribution in [0.5, 0.6) is 0 Å². The van der Waals surface area contributed by atoms with Crippen molar-refractivity contribution in [1.29, 1.82) is 0 Å². The lowest BCUT2D eigenvalue weighted by atomic mass is 10.1. The first-order valence-corrected chi connectivity index (χ1v) is 5.97. The molecule has 17 heavy (non-hydrogen) atoms.